The number of fused-ring (bicyclic) bond motifs is 1. The third-order valence-electron chi connectivity index (χ3n) is 5.20. The van der Waals surface area contributed by atoms with Crippen molar-refractivity contribution in [2.24, 2.45) is 0 Å². The summed E-state index contributed by atoms with van der Waals surface area (Å²) in [5.41, 5.74) is 1.22. The van der Waals surface area contributed by atoms with Gasteiger partial charge < -0.3 is 23.8 Å². The Bertz CT molecular complexity index is 607. The van der Waals surface area contributed by atoms with Crippen molar-refractivity contribution in [3.05, 3.63) is 5.56 Å². The molecule has 0 saturated carbocycles. The number of likely N-dealkylation sites (tertiary alicyclic amines) is 1. The Morgan fingerprint density at radius 2 is 1.58 bits per heavy atom. The van der Waals surface area contributed by atoms with Gasteiger partial charge in [0.05, 0.1) is 33.3 Å². The lowest BCUT2D eigenvalue weighted by molar-refractivity contribution is 0.278. The molecule has 0 spiro atoms. The fourth-order valence-electron chi connectivity index (χ4n) is 3.99. The van der Waals surface area contributed by atoms with E-state index in [0.29, 0.717) is 23.5 Å². The van der Waals surface area contributed by atoms with Gasteiger partial charge in [-0.3, -0.25) is 0 Å². The first kappa shape index (κ1) is 17.5. The van der Waals surface area contributed by atoms with E-state index in [9.17, 15) is 0 Å². The lowest BCUT2D eigenvalue weighted by Crippen LogP contribution is -2.26. The summed E-state index contributed by atoms with van der Waals surface area (Å²) < 4.78 is 22.6. The Kier molecular flexibility index (Phi) is 5.35. The molecule has 5 nitrogen and oxygen atoms in total. The monoisotopic (exact) mass is 353 g/mol. The van der Waals surface area contributed by atoms with Crippen LogP contribution in [0.25, 0.3) is 0 Å². The topological polar surface area (TPSA) is 40.2 Å². The van der Waals surface area contributed by atoms with Gasteiger partial charge in [0.15, 0.2) is 11.5 Å². The largest absolute Gasteiger partial charge is 0.492 e. The first-order valence-electron chi connectivity index (χ1n) is 8.39. The van der Waals surface area contributed by atoms with E-state index in [4.69, 9.17) is 18.9 Å². The van der Waals surface area contributed by atoms with Crippen molar-refractivity contribution in [3.8, 4) is 23.0 Å². The van der Waals surface area contributed by atoms with Crippen LogP contribution in [0.2, 0.25) is 0 Å². The van der Waals surface area contributed by atoms with E-state index in [1.54, 1.807) is 28.4 Å². The molecule has 1 fully saturated rings. The zero-order chi connectivity index (χ0) is 17.3. The fourth-order valence-corrected chi connectivity index (χ4v) is 5.38. The summed E-state index contributed by atoms with van der Waals surface area (Å²) in [4.78, 5) is 3.62. The number of hydrogen-bond donors (Lipinski definition) is 0. The Hall–Kier alpha value is -1.27. The van der Waals surface area contributed by atoms with Crippen molar-refractivity contribution < 1.29 is 18.9 Å². The molecule has 0 radical (unpaired) electrons. The summed E-state index contributed by atoms with van der Waals surface area (Å²) >= 11 is 1.83. The van der Waals surface area contributed by atoms with Gasteiger partial charge in [-0.05, 0) is 38.8 Å². The molecule has 1 aromatic rings. The zero-order valence-electron chi connectivity index (χ0n) is 15.2. The van der Waals surface area contributed by atoms with Crippen LogP contribution >= 0.6 is 11.8 Å². The minimum Gasteiger partial charge on any atom is -0.492 e. The van der Waals surface area contributed by atoms with E-state index in [0.717, 1.165) is 28.6 Å². The van der Waals surface area contributed by atoms with Crippen LogP contribution in [-0.2, 0) is 0 Å². The molecule has 3 rings (SSSR count). The number of rotatable bonds is 6. The number of ether oxygens (including phenoxy) is 4. The molecule has 1 unspecified atom stereocenters. The lowest BCUT2D eigenvalue weighted by atomic mass is 9.91. The minimum atomic E-state index is 0.444. The summed E-state index contributed by atoms with van der Waals surface area (Å²) in [6.07, 6.45) is 3.71. The Balaban J connectivity index is 2.05. The van der Waals surface area contributed by atoms with Gasteiger partial charge in [0.25, 0.3) is 0 Å². The first-order chi connectivity index (χ1) is 11.7. The Morgan fingerprint density at radius 3 is 2.12 bits per heavy atom. The molecule has 2 heterocycles. The number of thioether (sulfide) groups is 1. The maximum absolute atomic E-state index is 5.76. The summed E-state index contributed by atoms with van der Waals surface area (Å²) in [5, 5.41) is 0. The molecule has 1 saturated heterocycles. The molecule has 134 valence electrons. The highest BCUT2D eigenvalue weighted by molar-refractivity contribution is 7.99. The molecule has 0 aliphatic carbocycles. The molecule has 2 aliphatic heterocycles. The van der Waals surface area contributed by atoms with E-state index >= 15 is 0 Å². The van der Waals surface area contributed by atoms with Gasteiger partial charge in [-0.2, -0.15) is 0 Å². The molecule has 0 bridgehead atoms. The average molecular weight is 353 g/mol. The molecule has 2 atom stereocenters. The van der Waals surface area contributed by atoms with E-state index in [1.165, 1.54) is 24.9 Å². The second-order valence-corrected chi connectivity index (χ2v) is 7.43. The minimum absolute atomic E-state index is 0.444. The van der Waals surface area contributed by atoms with E-state index < -0.39 is 0 Å². The standard InChI is InChI=1S/C18H27NO4S/c1-19-8-6-7-12(19)9-11-10-24-18-13(11)14(20-2)15(21-3)16(22-4)17(18)23-5/h11-12H,6-10H2,1-5H3/t11?,12-/m1/s1. The molecule has 2 aliphatic rings. The van der Waals surface area contributed by atoms with Crippen LogP contribution in [-0.4, -0.2) is 58.7 Å². The van der Waals surface area contributed by atoms with E-state index in [-0.39, 0.29) is 0 Å². The van der Waals surface area contributed by atoms with E-state index in [2.05, 4.69) is 11.9 Å². The highest BCUT2D eigenvalue weighted by Gasteiger charge is 2.38. The summed E-state index contributed by atoms with van der Waals surface area (Å²) in [5.74, 6) is 4.28. The molecule has 0 aromatic heterocycles. The van der Waals surface area contributed by atoms with Crippen molar-refractivity contribution in [1.29, 1.82) is 0 Å². The van der Waals surface area contributed by atoms with Gasteiger partial charge in [-0.25, -0.2) is 0 Å². The predicted octanol–water partition coefficient (Wildman–Crippen LogP) is 3.39. The summed E-state index contributed by atoms with van der Waals surface area (Å²) in [6, 6.07) is 0.644. The van der Waals surface area contributed by atoms with Gasteiger partial charge in [0.1, 0.15) is 0 Å². The average Bonchev–Trinajstić information content (AvgIpc) is 3.19. The van der Waals surface area contributed by atoms with Gasteiger partial charge >= 0.3 is 0 Å². The molecular formula is C18H27NO4S. The Morgan fingerprint density at radius 1 is 0.958 bits per heavy atom. The van der Waals surface area contributed by atoms with Crippen LogP contribution < -0.4 is 18.9 Å². The van der Waals surface area contributed by atoms with Crippen LogP contribution in [0, 0.1) is 0 Å². The quantitative estimate of drug-likeness (QED) is 0.781. The molecule has 0 N–H and O–H groups in total. The van der Waals surface area contributed by atoms with Gasteiger partial charge in [-0.1, -0.05) is 0 Å². The number of nitrogens with zero attached hydrogens (tertiary/aromatic N) is 1. The second-order valence-electron chi connectivity index (χ2n) is 6.40. The normalized spacial score (nSPS) is 23.2. The number of benzene rings is 1. The molecule has 24 heavy (non-hydrogen) atoms. The smallest absolute Gasteiger partial charge is 0.208 e. The first-order valence-corrected chi connectivity index (χ1v) is 9.37. The SMILES string of the molecule is COc1c(OC)c(OC)c2c(c1OC)SCC2C[C@H]1CCCN1C. The maximum atomic E-state index is 5.76. The van der Waals surface area contributed by atoms with Crippen LogP contribution in [0.15, 0.2) is 4.90 Å². The molecule has 0 amide bonds. The number of hydrogen-bond acceptors (Lipinski definition) is 6. The van der Waals surface area contributed by atoms with Gasteiger partial charge in [-0.15, -0.1) is 11.8 Å². The van der Waals surface area contributed by atoms with E-state index in [1.807, 2.05) is 11.8 Å². The van der Waals surface area contributed by atoms with Crippen LogP contribution in [0.4, 0.5) is 0 Å². The van der Waals surface area contributed by atoms with Crippen LogP contribution in [0.1, 0.15) is 30.7 Å². The molecule has 6 heteroatoms. The van der Waals surface area contributed by atoms with Crippen molar-refractivity contribution in [1.82, 2.24) is 4.90 Å². The second kappa shape index (κ2) is 7.31. The van der Waals surface area contributed by atoms with Crippen LogP contribution in [0.5, 0.6) is 23.0 Å². The zero-order valence-corrected chi connectivity index (χ0v) is 16.0. The van der Waals surface area contributed by atoms with Gasteiger partial charge in [0.2, 0.25) is 11.5 Å². The van der Waals surface area contributed by atoms with Crippen LogP contribution in [0.3, 0.4) is 0 Å². The highest BCUT2D eigenvalue weighted by Crippen LogP contribution is 2.59. The third-order valence-corrected chi connectivity index (χ3v) is 6.46. The highest BCUT2D eigenvalue weighted by atomic mass is 32.2. The summed E-state index contributed by atoms with van der Waals surface area (Å²) in [7, 11) is 8.90. The summed E-state index contributed by atoms with van der Waals surface area (Å²) in [6.45, 7) is 1.20. The number of methoxy groups -OCH3 is 4. The molecule has 1 aromatic carbocycles. The molecular weight excluding hydrogens is 326 g/mol. The third kappa shape index (κ3) is 2.80. The Labute approximate surface area is 148 Å². The predicted molar refractivity (Wildman–Crippen MR) is 96.4 cm³/mol. The van der Waals surface area contributed by atoms with Gasteiger partial charge in [0, 0.05) is 17.4 Å². The van der Waals surface area contributed by atoms with Crippen molar-refractivity contribution in [2.45, 2.75) is 36.1 Å². The van der Waals surface area contributed by atoms with Crippen molar-refractivity contribution in [3.63, 3.8) is 0 Å². The fraction of sp³-hybridized carbons (Fsp3) is 0.667. The lowest BCUT2D eigenvalue weighted by Gasteiger charge is -2.25. The van der Waals surface area contributed by atoms with Crippen molar-refractivity contribution in [2.75, 3.05) is 47.8 Å². The maximum Gasteiger partial charge on any atom is 0.208 e. The van der Waals surface area contributed by atoms with Crippen molar-refractivity contribution >= 4 is 11.8 Å².